The summed E-state index contributed by atoms with van der Waals surface area (Å²) in [5.74, 6) is -1.79. The number of aromatic amines is 1. The lowest BCUT2D eigenvalue weighted by Gasteiger charge is -2.18. The predicted molar refractivity (Wildman–Crippen MR) is 94.6 cm³/mol. The first-order valence-corrected chi connectivity index (χ1v) is 8.69. The van der Waals surface area contributed by atoms with Crippen molar-refractivity contribution in [2.75, 3.05) is 0 Å². The van der Waals surface area contributed by atoms with Crippen molar-refractivity contribution in [3.8, 4) is 0 Å². The molecule has 0 saturated heterocycles. The van der Waals surface area contributed by atoms with E-state index in [9.17, 15) is 18.8 Å². The van der Waals surface area contributed by atoms with Crippen LogP contribution in [0.3, 0.4) is 0 Å². The van der Waals surface area contributed by atoms with Crippen LogP contribution in [0.15, 0.2) is 23.0 Å². The zero-order valence-electron chi connectivity index (χ0n) is 13.7. The molecule has 136 valence electrons. The van der Waals surface area contributed by atoms with Crippen molar-refractivity contribution < 1.29 is 18.7 Å². The van der Waals surface area contributed by atoms with E-state index < -0.39 is 23.4 Å². The highest BCUT2D eigenvalue weighted by Gasteiger charge is 2.25. The van der Waals surface area contributed by atoms with Gasteiger partial charge in [-0.25, -0.2) is 9.18 Å². The molecule has 3 rings (SSSR count). The maximum absolute atomic E-state index is 13.7. The largest absolute Gasteiger partial charge is 0.454 e. The molecule has 2 aromatic rings. The lowest BCUT2D eigenvalue weighted by atomic mass is 9.94. The van der Waals surface area contributed by atoms with Crippen molar-refractivity contribution >= 4 is 35.0 Å². The van der Waals surface area contributed by atoms with Crippen LogP contribution in [0.2, 0.25) is 10.0 Å². The van der Waals surface area contributed by atoms with Gasteiger partial charge in [0.2, 0.25) is 0 Å². The van der Waals surface area contributed by atoms with E-state index in [1.807, 2.05) is 0 Å². The molecule has 0 bridgehead atoms. The van der Waals surface area contributed by atoms with Crippen LogP contribution in [-0.4, -0.2) is 16.7 Å². The van der Waals surface area contributed by atoms with Crippen molar-refractivity contribution in [3.63, 3.8) is 0 Å². The third-order valence-electron chi connectivity index (χ3n) is 4.24. The van der Waals surface area contributed by atoms with Gasteiger partial charge in [0, 0.05) is 28.3 Å². The minimum Gasteiger partial charge on any atom is -0.454 e. The molecule has 0 aliphatic heterocycles. The van der Waals surface area contributed by atoms with Gasteiger partial charge in [0.25, 0.3) is 5.56 Å². The highest BCUT2D eigenvalue weighted by molar-refractivity contribution is 6.36. The number of ether oxygens (including phenoxy) is 1. The van der Waals surface area contributed by atoms with E-state index in [0.717, 1.165) is 6.07 Å². The Kier molecular flexibility index (Phi) is 5.16. The smallest absolute Gasteiger partial charge is 0.344 e. The second kappa shape index (κ2) is 7.21. The highest BCUT2D eigenvalue weighted by atomic mass is 35.5. The number of H-pyrrole nitrogens is 1. The molecule has 0 unspecified atom stereocenters. The molecule has 0 radical (unpaired) electrons. The molecule has 1 heterocycles. The Morgan fingerprint density at radius 3 is 2.73 bits per heavy atom. The number of nitrogens with one attached hydrogen (secondary N) is 1. The van der Waals surface area contributed by atoms with E-state index in [4.69, 9.17) is 27.9 Å². The summed E-state index contributed by atoms with van der Waals surface area (Å²) < 4.78 is 18.9. The molecule has 1 aromatic heterocycles. The summed E-state index contributed by atoms with van der Waals surface area (Å²) in [4.78, 5) is 39.1. The summed E-state index contributed by atoms with van der Waals surface area (Å²) >= 11 is 11.9. The number of aromatic nitrogens is 1. The summed E-state index contributed by atoms with van der Waals surface area (Å²) in [6.07, 6.45) is 0.582. The van der Waals surface area contributed by atoms with E-state index in [1.54, 1.807) is 0 Å². The second-order valence-corrected chi connectivity index (χ2v) is 6.77. The van der Waals surface area contributed by atoms with Gasteiger partial charge in [0.15, 0.2) is 5.78 Å². The van der Waals surface area contributed by atoms with Gasteiger partial charge < -0.3 is 9.72 Å². The Morgan fingerprint density at radius 1 is 1.27 bits per heavy atom. The molecule has 0 saturated carbocycles. The monoisotopic (exact) mass is 397 g/mol. The number of hydrogen-bond acceptors (Lipinski definition) is 4. The number of fused-ring (bicyclic) bond motifs is 1. The third-order valence-corrected chi connectivity index (χ3v) is 4.96. The first-order valence-electron chi connectivity index (χ1n) is 7.93. The Morgan fingerprint density at radius 2 is 2.00 bits per heavy atom. The van der Waals surface area contributed by atoms with Crippen LogP contribution in [0.5, 0.6) is 0 Å². The van der Waals surface area contributed by atoms with Crippen molar-refractivity contribution in [2.24, 2.45) is 0 Å². The van der Waals surface area contributed by atoms with Crippen LogP contribution in [-0.2, 0) is 11.2 Å². The van der Waals surface area contributed by atoms with Crippen LogP contribution in [0.4, 0.5) is 4.39 Å². The average Bonchev–Trinajstić information content (AvgIpc) is 2.58. The lowest BCUT2D eigenvalue weighted by molar-refractivity contribution is 0.0335. The minimum absolute atomic E-state index is 0.104. The Bertz CT molecular complexity index is 970. The number of esters is 1. The van der Waals surface area contributed by atoms with Gasteiger partial charge in [0.1, 0.15) is 17.5 Å². The van der Waals surface area contributed by atoms with Crippen molar-refractivity contribution in [1.82, 2.24) is 4.98 Å². The molecule has 0 spiro atoms. The summed E-state index contributed by atoms with van der Waals surface area (Å²) in [5.41, 5.74) is -0.00178. The quantitative estimate of drug-likeness (QED) is 0.619. The van der Waals surface area contributed by atoms with Crippen LogP contribution in [0, 0.1) is 5.82 Å². The van der Waals surface area contributed by atoms with Crippen molar-refractivity contribution in [2.45, 2.75) is 32.3 Å². The average molecular weight is 398 g/mol. The van der Waals surface area contributed by atoms with Crippen molar-refractivity contribution in [1.29, 1.82) is 0 Å². The molecular weight excluding hydrogens is 384 g/mol. The summed E-state index contributed by atoms with van der Waals surface area (Å²) in [7, 11) is 0. The highest BCUT2D eigenvalue weighted by Crippen LogP contribution is 2.34. The molecule has 1 aliphatic rings. The third kappa shape index (κ3) is 3.39. The van der Waals surface area contributed by atoms with Crippen LogP contribution in [0.25, 0.3) is 0 Å². The topological polar surface area (TPSA) is 76.2 Å². The molecule has 1 N–H and O–H groups in total. The van der Waals surface area contributed by atoms with Crippen LogP contribution < -0.4 is 5.56 Å². The van der Waals surface area contributed by atoms with E-state index in [2.05, 4.69) is 4.98 Å². The predicted octanol–water partition coefficient (Wildman–Crippen LogP) is 4.26. The van der Waals surface area contributed by atoms with Gasteiger partial charge >= 0.3 is 5.97 Å². The molecule has 1 atom stereocenters. The van der Waals surface area contributed by atoms with E-state index in [1.165, 1.54) is 19.1 Å². The summed E-state index contributed by atoms with van der Waals surface area (Å²) in [6.45, 7) is 1.46. The number of rotatable bonds is 3. The summed E-state index contributed by atoms with van der Waals surface area (Å²) in [5, 5.41) is -0.126. The SMILES string of the molecule is C[C@H](OC(=O)c1cc2c([nH]c1=O)CCCC2=O)c1c(Cl)ccc(F)c1Cl. The van der Waals surface area contributed by atoms with Crippen LogP contribution in [0.1, 0.15) is 57.8 Å². The number of pyridine rings is 1. The zero-order chi connectivity index (χ0) is 19.0. The van der Waals surface area contributed by atoms with Gasteiger partial charge in [-0.05, 0) is 38.0 Å². The number of carbonyl (C=O) groups is 2. The number of aryl methyl sites for hydroxylation is 1. The standard InChI is InChI=1S/C18H14Cl2FNO4/c1-8(15-11(19)5-6-12(21)16(15)20)26-18(25)10-7-9-13(22-17(10)24)3-2-4-14(9)23/h5-8H,2-4H2,1H3,(H,22,24)/t8-/m0/s1. The fourth-order valence-electron chi connectivity index (χ4n) is 2.93. The second-order valence-electron chi connectivity index (χ2n) is 5.99. The number of Topliss-reactive ketones (excluding diaryl/α,β-unsaturated/α-hetero) is 1. The fraction of sp³-hybridized carbons (Fsp3) is 0.278. The van der Waals surface area contributed by atoms with Gasteiger partial charge in [-0.3, -0.25) is 9.59 Å². The van der Waals surface area contributed by atoms with E-state index in [-0.39, 0.29) is 27.0 Å². The number of carbonyl (C=O) groups excluding carboxylic acids is 2. The molecule has 5 nitrogen and oxygen atoms in total. The Hall–Kier alpha value is -2.18. The molecule has 1 aliphatic carbocycles. The lowest BCUT2D eigenvalue weighted by Crippen LogP contribution is -2.26. The van der Waals surface area contributed by atoms with Gasteiger partial charge in [-0.2, -0.15) is 0 Å². The first kappa shape index (κ1) is 18.6. The van der Waals surface area contributed by atoms with Crippen molar-refractivity contribution in [3.05, 3.63) is 66.8 Å². The maximum Gasteiger partial charge on any atom is 0.344 e. The Balaban J connectivity index is 1.92. The number of benzene rings is 1. The first-order chi connectivity index (χ1) is 12.3. The fourth-order valence-corrected chi connectivity index (χ4v) is 3.60. The number of halogens is 3. The zero-order valence-corrected chi connectivity index (χ0v) is 15.2. The van der Waals surface area contributed by atoms with E-state index in [0.29, 0.717) is 30.5 Å². The molecular formula is C18H14Cl2FNO4. The summed E-state index contributed by atoms with van der Waals surface area (Å²) in [6, 6.07) is 3.65. The van der Waals surface area contributed by atoms with Crippen LogP contribution >= 0.6 is 23.2 Å². The number of hydrogen-bond donors (Lipinski definition) is 1. The van der Waals surface area contributed by atoms with Gasteiger partial charge in [0.05, 0.1) is 5.02 Å². The molecule has 26 heavy (non-hydrogen) atoms. The minimum atomic E-state index is -0.996. The Labute approximate surface area is 158 Å². The molecule has 0 amide bonds. The van der Waals surface area contributed by atoms with E-state index >= 15 is 0 Å². The molecule has 8 heteroatoms. The molecule has 1 aromatic carbocycles. The maximum atomic E-state index is 13.7. The van der Waals surface area contributed by atoms with Gasteiger partial charge in [-0.1, -0.05) is 23.2 Å². The number of ketones is 1. The molecule has 0 fully saturated rings. The normalized spacial score (nSPS) is 14.7. The van der Waals surface area contributed by atoms with Gasteiger partial charge in [-0.15, -0.1) is 0 Å².